The summed E-state index contributed by atoms with van der Waals surface area (Å²) in [5, 5.41) is 2.32. The Morgan fingerprint density at radius 1 is 1.00 bits per heavy atom. The van der Waals surface area contributed by atoms with Gasteiger partial charge in [-0.15, -0.1) is 0 Å². The number of unbranched alkanes of at least 4 members (excludes halogenated alkanes) is 1. The van der Waals surface area contributed by atoms with Gasteiger partial charge in [0.1, 0.15) is 5.75 Å². The van der Waals surface area contributed by atoms with Crippen molar-refractivity contribution in [2.45, 2.75) is 57.7 Å². The van der Waals surface area contributed by atoms with Gasteiger partial charge in [0.2, 0.25) is 9.04 Å². The fraction of sp³-hybridized carbons (Fsp3) is 0.455. The predicted octanol–water partition coefficient (Wildman–Crippen LogP) is 3.00. The predicted molar refractivity (Wildman–Crippen MR) is 116 cm³/mol. The van der Waals surface area contributed by atoms with Crippen molar-refractivity contribution in [2.75, 3.05) is 5.75 Å². The molecule has 0 N–H and O–H groups in total. The molecule has 1 aliphatic rings. The van der Waals surface area contributed by atoms with Crippen molar-refractivity contribution in [1.29, 1.82) is 0 Å². The van der Waals surface area contributed by atoms with Gasteiger partial charge in [0.15, 0.2) is 0 Å². The van der Waals surface area contributed by atoms with Gasteiger partial charge in [-0.2, -0.15) is 8.42 Å². The van der Waals surface area contributed by atoms with Gasteiger partial charge in [0, 0.05) is 0 Å². The maximum Gasteiger partial charge on any atom is 0.270 e. The van der Waals surface area contributed by atoms with E-state index in [2.05, 4.69) is 31.2 Å². The highest BCUT2D eigenvalue weighted by molar-refractivity contribution is 7.86. The van der Waals surface area contributed by atoms with E-state index in [4.69, 9.17) is 8.61 Å². The Morgan fingerprint density at radius 2 is 1.57 bits per heavy atom. The Morgan fingerprint density at radius 3 is 2.04 bits per heavy atom. The van der Waals surface area contributed by atoms with E-state index >= 15 is 0 Å². The largest absolute Gasteiger partial charge is 0.407 e. The summed E-state index contributed by atoms with van der Waals surface area (Å²) in [6, 6.07) is 20.4. The Labute approximate surface area is 170 Å². The molecule has 28 heavy (non-hydrogen) atoms. The molecule has 0 saturated heterocycles. The molecule has 6 heteroatoms. The molecule has 0 aromatic heterocycles. The zero-order valence-corrected chi connectivity index (χ0v) is 18.5. The molecular formula is C22H30O4SSi. The minimum Gasteiger partial charge on any atom is -0.407 e. The SMILES string of the molecule is CCCCC(CS(=O)(=O)OC1CCC1)O[SiH](c1ccccc1)c1ccccc1. The van der Waals surface area contributed by atoms with Gasteiger partial charge in [-0.25, -0.2) is 0 Å². The van der Waals surface area contributed by atoms with Gasteiger partial charge >= 0.3 is 0 Å². The summed E-state index contributed by atoms with van der Waals surface area (Å²) < 4.78 is 37.1. The highest BCUT2D eigenvalue weighted by atomic mass is 32.2. The Bertz CT molecular complexity index is 767. The van der Waals surface area contributed by atoms with Crippen molar-refractivity contribution in [3.63, 3.8) is 0 Å². The van der Waals surface area contributed by atoms with Crippen LogP contribution in [0.1, 0.15) is 45.4 Å². The molecule has 1 unspecified atom stereocenters. The zero-order chi connectivity index (χ0) is 19.8. The van der Waals surface area contributed by atoms with Crippen LogP contribution in [-0.4, -0.2) is 35.4 Å². The Balaban J connectivity index is 1.79. The lowest BCUT2D eigenvalue weighted by Crippen LogP contribution is -2.48. The smallest absolute Gasteiger partial charge is 0.270 e. The maximum absolute atomic E-state index is 12.6. The molecule has 1 atom stereocenters. The first-order valence-corrected chi connectivity index (χ1v) is 13.4. The van der Waals surface area contributed by atoms with Crippen molar-refractivity contribution in [3.05, 3.63) is 60.7 Å². The zero-order valence-electron chi connectivity index (χ0n) is 16.5. The van der Waals surface area contributed by atoms with Crippen LogP contribution in [0.4, 0.5) is 0 Å². The number of hydrogen-bond acceptors (Lipinski definition) is 4. The summed E-state index contributed by atoms with van der Waals surface area (Å²) >= 11 is 0. The maximum atomic E-state index is 12.6. The van der Waals surface area contributed by atoms with E-state index in [0.29, 0.717) is 0 Å². The fourth-order valence-electron chi connectivity index (χ4n) is 3.36. The van der Waals surface area contributed by atoms with Crippen LogP contribution in [0.2, 0.25) is 0 Å². The molecule has 2 aromatic rings. The van der Waals surface area contributed by atoms with Crippen molar-refractivity contribution < 1.29 is 17.0 Å². The van der Waals surface area contributed by atoms with Crippen LogP contribution in [0, 0.1) is 0 Å². The van der Waals surface area contributed by atoms with Gasteiger partial charge in [0.25, 0.3) is 10.1 Å². The minimum absolute atomic E-state index is 0.0628. The molecule has 3 rings (SSSR count). The summed E-state index contributed by atoms with van der Waals surface area (Å²) in [4.78, 5) is 0. The van der Waals surface area contributed by atoms with Crippen molar-refractivity contribution in [2.24, 2.45) is 0 Å². The molecule has 0 aliphatic heterocycles. The molecule has 0 heterocycles. The summed E-state index contributed by atoms with van der Waals surface area (Å²) in [5.74, 6) is -0.0628. The number of hydrogen-bond donors (Lipinski definition) is 0. The average molecular weight is 419 g/mol. The fourth-order valence-corrected chi connectivity index (χ4v) is 7.35. The second-order valence-electron chi connectivity index (χ2n) is 7.48. The summed E-state index contributed by atoms with van der Waals surface area (Å²) in [5.41, 5.74) is 0. The van der Waals surface area contributed by atoms with Gasteiger partial charge in [-0.05, 0) is 36.1 Å². The van der Waals surface area contributed by atoms with E-state index in [1.165, 1.54) is 0 Å². The van der Waals surface area contributed by atoms with Crippen LogP contribution in [0.15, 0.2) is 60.7 Å². The van der Waals surface area contributed by atoms with Gasteiger partial charge in [0.05, 0.1) is 12.2 Å². The molecule has 1 aliphatic carbocycles. The summed E-state index contributed by atoms with van der Waals surface area (Å²) in [6.45, 7) is 2.11. The summed E-state index contributed by atoms with van der Waals surface area (Å²) in [7, 11) is -5.57. The molecule has 152 valence electrons. The molecule has 4 nitrogen and oxygen atoms in total. The number of benzene rings is 2. The van der Waals surface area contributed by atoms with E-state index < -0.39 is 19.2 Å². The first kappa shape index (κ1) is 21.2. The molecule has 1 fully saturated rings. The Hall–Kier alpha value is -1.47. The van der Waals surface area contributed by atoms with Gasteiger partial charge < -0.3 is 4.43 Å². The Kier molecular flexibility index (Phi) is 7.85. The van der Waals surface area contributed by atoms with Crippen LogP contribution < -0.4 is 10.4 Å². The summed E-state index contributed by atoms with van der Waals surface area (Å²) in [6.07, 6.45) is 4.92. The van der Waals surface area contributed by atoms with Gasteiger partial charge in [-0.1, -0.05) is 80.4 Å². The monoisotopic (exact) mass is 418 g/mol. The van der Waals surface area contributed by atoms with Crippen LogP contribution in [0.3, 0.4) is 0 Å². The van der Waals surface area contributed by atoms with Gasteiger partial charge in [-0.3, -0.25) is 4.18 Å². The van der Waals surface area contributed by atoms with E-state index in [-0.39, 0.29) is 18.0 Å². The topological polar surface area (TPSA) is 52.6 Å². The molecule has 0 radical (unpaired) electrons. The first-order chi connectivity index (χ1) is 13.6. The highest BCUT2D eigenvalue weighted by Crippen LogP contribution is 2.24. The normalized spacial score (nSPS) is 16.1. The van der Waals surface area contributed by atoms with Crippen LogP contribution in [0.5, 0.6) is 0 Å². The molecular weight excluding hydrogens is 388 g/mol. The minimum atomic E-state index is -3.58. The van der Waals surface area contributed by atoms with Crippen molar-refractivity contribution in [1.82, 2.24) is 0 Å². The van der Waals surface area contributed by atoms with E-state index in [1.54, 1.807) is 0 Å². The second-order valence-corrected chi connectivity index (χ2v) is 11.5. The second kappa shape index (κ2) is 10.3. The third kappa shape index (κ3) is 6.27. The van der Waals surface area contributed by atoms with Crippen LogP contribution in [-0.2, 0) is 18.7 Å². The van der Waals surface area contributed by atoms with E-state index in [9.17, 15) is 8.42 Å². The van der Waals surface area contributed by atoms with E-state index in [1.807, 2.05) is 36.4 Å². The lowest BCUT2D eigenvalue weighted by Gasteiger charge is -2.28. The van der Waals surface area contributed by atoms with Crippen LogP contribution >= 0.6 is 0 Å². The lowest BCUT2D eigenvalue weighted by molar-refractivity contribution is 0.123. The number of rotatable bonds is 11. The van der Waals surface area contributed by atoms with Crippen molar-refractivity contribution >= 4 is 29.5 Å². The molecule has 0 spiro atoms. The quantitative estimate of drug-likeness (QED) is 0.416. The first-order valence-electron chi connectivity index (χ1n) is 10.2. The van der Waals surface area contributed by atoms with E-state index in [0.717, 1.165) is 48.9 Å². The standard InChI is InChI=1S/C22H30O4SSi/c1-2-3-11-20(18-27(23,24)25-19-12-10-13-19)26-28(21-14-6-4-7-15-21)22-16-8-5-9-17-22/h4-9,14-17,19-20,28H,2-3,10-13,18H2,1H3. The lowest BCUT2D eigenvalue weighted by atomic mass is 9.97. The molecule has 2 aromatic carbocycles. The molecule has 0 amide bonds. The highest BCUT2D eigenvalue weighted by Gasteiger charge is 2.30. The average Bonchev–Trinajstić information content (AvgIpc) is 2.68. The molecule has 0 bridgehead atoms. The van der Waals surface area contributed by atoms with Crippen molar-refractivity contribution in [3.8, 4) is 0 Å². The third-order valence-electron chi connectivity index (χ3n) is 5.14. The van der Waals surface area contributed by atoms with Crippen LogP contribution in [0.25, 0.3) is 0 Å². The third-order valence-corrected chi connectivity index (χ3v) is 9.12. The molecule has 1 saturated carbocycles.